The second kappa shape index (κ2) is 7.17. The zero-order valence-corrected chi connectivity index (χ0v) is 11.8. The number of rotatable bonds is 7. The molecule has 0 bridgehead atoms. The fraction of sp³-hybridized carbons (Fsp3) is 0.733. The SMILES string of the molecule is CCCNCC(Cc1cccs1)C1CCCC1. The molecule has 0 aliphatic heterocycles. The Morgan fingerprint density at radius 2 is 2.24 bits per heavy atom. The minimum Gasteiger partial charge on any atom is -0.316 e. The standard InChI is InChI=1S/C15H25NS/c1-2-9-16-12-14(13-6-3-4-7-13)11-15-8-5-10-17-15/h5,8,10,13-14,16H,2-4,6-7,9,11-12H2,1H3. The van der Waals surface area contributed by atoms with Crippen molar-refractivity contribution >= 4 is 11.3 Å². The van der Waals surface area contributed by atoms with E-state index in [2.05, 4.69) is 29.8 Å². The molecule has 1 aromatic heterocycles. The van der Waals surface area contributed by atoms with Crippen molar-refractivity contribution in [1.82, 2.24) is 5.32 Å². The summed E-state index contributed by atoms with van der Waals surface area (Å²) in [5.41, 5.74) is 0. The first-order chi connectivity index (χ1) is 8.40. The highest BCUT2D eigenvalue weighted by Crippen LogP contribution is 2.33. The number of hydrogen-bond acceptors (Lipinski definition) is 2. The van der Waals surface area contributed by atoms with Crippen molar-refractivity contribution in [3.63, 3.8) is 0 Å². The van der Waals surface area contributed by atoms with E-state index >= 15 is 0 Å². The number of thiophene rings is 1. The Morgan fingerprint density at radius 1 is 1.41 bits per heavy atom. The van der Waals surface area contributed by atoms with E-state index in [-0.39, 0.29) is 0 Å². The third-order valence-corrected chi connectivity index (χ3v) is 4.84. The van der Waals surface area contributed by atoms with Crippen molar-refractivity contribution in [2.24, 2.45) is 11.8 Å². The van der Waals surface area contributed by atoms with E-state index < -0.39 is 0 Å². The summed E-state index contributed by atoms with van der Waals surface area (Å²) < 4.78 is 0. The van der Waals surface area contributed by atoms with Gasteiger partial charge in [0.25, 0.3) is 0 Å². The van der Waals surface area contributed by atoms with E-state index in [9.17, 15) is 0 Å². The molecule has 1 atom stereocenters. The van der Waals surface area contributed by atoms with Crippen LogP contribution in [0.3, 0.4) is 0 Å². The molecule has 1 fully saturated rings. The predicted octanol–water partition coefficient (Wildman–Crippen LogP) is 4.10. The van der Waals surface area contributed by atoms with Crippen LogP contribution in [0.15, 0.2) is 17.5 Å². The van der Waals surface area contributed by atoms with Crippen LogP contribution >= 0.6 is 11.3 Å². The second-order valence-electron chi connectivity index (χ2n) is 5.29. The molecule has 0 aromatic carbocycles. The van der Waals surface area contributed by atoms with Crippen LogP contribution in [0.4, 0.5) is 0 Å². The van der Waals surface area contributed by atoms with Crippen LogP contribution in [-0.2, 0) is 6.42 Å². The molecule has 0 amide bonds. The summed E-state index contributed by atoms with van der Waals surface area (Å²) in [6.07, 6.45) is 8.38. The maximum absolute atomic E-state index is 3.63. The van der Waals surface area contributed by atoms with E-state index in [1.54, 1.807) is 4.88 Å². The van der Waals surface area contributed by atoms with Gasteiger partial charge >= 0.3 is 0 Å². The molecule has 1 aliphatic rings. The van der Waals surface area contributed by atoms with E-state index in [1.165, 1.54) is 51.6 Å². The summed E-state index contributed by atoms with van der Waals surface area (Å²) in [5.74, 6) is 1.84. The summed E-state index contributed by atoms with van der Waals surface area (Å²) >= 11 is 1.92. The molecule has 1 saturated carbocycles. The second-order valence-corrected chi connectivity index (χ2v) is 6.32. The minimum absolute atomic E-state index is 0.864. The zero-order valence-electron chi connectivity index (χ0n) is 11.0. The first-order valence-corrected chi connectivity index (χ1v) is 8.01. The number of nitrogens with one attached hydrogen (secondary N) is 1. The highest BCUT2D eigenvalue weighted by Gasteiger charge is 2.24. The van der Waals surface area contributed by atoms with Gasteiger partial charge in [-0.3, -0.25) is 0 Å². The third-order valence-electron chi connectivity index (χ3n) is 3.94. The van der Waals surface area contributed by atoms with Crippen LogP contribution < -0.4 is 5.32 Å². The van der Waals surface area contributed by atoms with Crippen LogP contribution in [0.1, 0.15) is 43.9 Å². The molecule has 1 heterocycles. The molecule has 1 aromatic rings. The molecule has 2 heteroatoms. The Kier molecular flexibility index (Phi) is 5.53. The van der Waals surface area contributed by atoms with E-state index in [4.69, 9.17) is 0 Å². The molecule has 17 heavy (non-hydrogen) atoms. The Hall–Kier alpha value is -0.340. The highest BCUT2D eigenvalue weighted by molar-refractivity contribution is 7.09. The highest BCUT2D eigenvalue weighted by atomic mass is 32.1. The molecule has 1 N–H and O–H groups in total. The van der Waals surface area contributed by atoms with Gasteiger partial charge in [-0.25, -0.2) is 0 Å². The molecule has 1 aliphatic carbocycles. The average Bonchev–Trinajstić information content (AvgIpc) is 3.01. The van der Waals surface area contributed by atoms with Gasteiger partial charge in [-0.05, 0) is 49.2 Å². The van der Waals surface area contributed by atoms with Gasteiger partial charge in [0, 0.05) is 4.88 Å². The van der Waals surface area contributed by atoms with Crippen LogP contribution in [0.5, 0.6) is 0 Å². The zero-order chi connectivity index (χ0) is 11.9. The van der Waals surface area contributed by atoms with Gasteiger partial charge < -0.3 is 5.32 Å². The summed E-state index contributed by atoms with van der Waals surface area (Å²) in [5, 5.41) is 5.84. The topological polar surface area (TPSA) is 12.0 Å². The monoisotopic (exact) mass is 251 g/mol. The summed E-state index contributed by atoms with van der Waals surface area (Å²) in [6.45, 7) is 4.64. The molecule has 1 nitrogen and oxygen atoms in total. The van der Waals surface area contributed by atoms with Gasteiger partial charge in [-0.15, -0.1) is 11.3 Å². The molecular weight excluding hydrogens is 226 g/mol. The molecular formula is C15H25NS. The molecule has 0 spiro atoms. The fourth-order valence-electron chi connectivity index (χ4n) is 2.99. The van der Waals surface area contributed by atoms with Gasteiger partial charge in [0.2, 0.25) is 0 Å². The Labute approximate surface area is 110 Å². The van der Waals surface area contributed by atoms with Crippen molar-refractivity contribution < 1.29 is 0 Å². The first-order valence-electron chi connectivity index (χ1n) is 7.13. The van der Waals surface area contributed by atoms with Crippen LogP contribution in [-0.4, -0.2) is 13.1 Å². The quantitative estimate of drug-likeness (QED) is 0.720. The van der Waals surface area contributed by atoms with Crippen molar-refractivity contribution in [3.8, 4) is 0 Å². The minimum atomic E-state index is 0.864. The van der Waals surface area contributed by atoms with Gasteiger partial charge in [0.05, 0.1) is 0 Å². The Morgan fingerprint density at radius 3 is 2.88 bits per heavy atom. The summed E-state index contributed by atoms with van der Waals surface area (Å²) in [4.78, 5) is 1.57. The van der Waals surface area contributed by atoms with E-state index in [0.717, 1.165) is 11.8 Å². The van der Waals surface area contributed by atoms with Crippen LogP contribution in [0, 0.1) is 11.8 Å². The van der Waals surface area contributed by atoms with E-state index in [0.29, 0.717) is 0 Å². The van der Waals surface area contributed by atoms with Gasteiger partial charge in [0.1, 0.15) is 0 Å². The Balaban J connectivity index is 1.86. The molecule has 0 saturated heterocycles. The van der Waals surface area contributed by atoms with Crippen molar-refractivity contribution in [2.75, 3.05) is 13.1 Å². The van der Waals surface area contributed by atoms with E-state index in [1.807, 2.05) is 11.3 Å². The predicted molar refractivity (Wildman–Crippen MR) is 76.6 cm³/mol. The first kappa shape index (κ1) is 13.1. The van der Waals surface area contributed by atoms with Crippen molar-refractivity contribution in [3.05, 3.63) is 22.4 Å². The van der Waals surface area contributed by atoms with Crippen molar-refractivity contribution in [1.29, 1.82) is 0 Å². The molecule has 96 valence electrons. The molecule has 2 rings (SSSR count). The smallest absolute Gasteiger partial charge is 0.00485 e. The van der Waals surface area contributed by atoms with Crippen LogP contribution in [0.2, 0.25) is 0 Å². The lowest BCUT2D eigenvalue weighted by Crippen LogP contribution is -2.29. The summed E-state index contributed by atoms with van der Waals surface area (Å²) in [6, 6.07) is 4.48. The average molecular weight is 251 g/mol. The maximum atomic E-state index is 3.63. The van der Waals surface area contributed by atoms with Gasteiger partial charge in [0.15, 0.2) is 0 Å². The molecule has 0 radical (unpaired) electrons. The Bertz CT molecular complexity index is 288. The van der Waals surface area contributed by atoms with Crippen molar-refractivity contribution in [2.45, 2.75) is 45.4 Å². The van der Waals surface area contributed by atoms with Gasteiger partial charge in [-0.2, -0.15) is 0 Å². The maximum Gasteiger partial charge on any atom is 0.00485 e. The van der Waals surface area contributed by atoms with Gasteiger partial charge in [-0.1, -0.05) is 38.7 Å². The lowest BCUT2D eigenvalue weighted by Gasteiger charge is -2.23. The lowest BCUT2D eigenvalue weighted by molar-refractivity contribution is 0.323. The summed E-state index contributed by atoms with van der Waals surface area (Å²) in [7, 11) is 0. The third kappa shape index (κ3) is 4.11. The largest absolute Gasteiger partial charge is 0.316 e. The number of hydrogen-bond donors (Lipinski definition) is 1. The fourth-order valence-corrected chi connectivity index (χ4v) is 3.79. The molecule has 1 unspecified atom stereocenters. The normalized spacial score (nSPS) is 18.6. The lowest BCUT2D eigenvalue weighted by atomic mass is 9.87. The van der Waals surface area contributed by atoms with Crippen LogP contribution in [0.25, 0.3) is 0 Å².